The minimum atomic E-state index is -4.73. The van der Waals surface area contributed by atoms with E-state index in [1.807, 2.05) is 13.8 Å². The molecule has 1 atom stereocenters. The van der Waals surface area contributed by atoms with E-state index < -0.39 is 23.6 Å². The Hall–Kier alpha value is -1.47. The van der Waals surface area contributed by atoms with Gasteiger partial charge < -0.3 is 5.73 Å². The molecule has 0 aliphatic carbocycles. The van der Waals surface area contributed by atoms with Gasteiger partial charge >= 0.3 is 6.18 Å². The second-order valence-electron chi connectivity index (χ2n) is 4.80. The van der Waals surface area contributed by atoms with Gasteiger partial charge in [-0.05, 0) is 31.5 Å². The minimum Gasteiger partial charge on any atom is -0.324 e. The number of halogens is 4. The number of benzene rings is 1. The van der Waals surface area contributed by atoms with E-state index in [-0.39, 0.29) is 5.56 Å². The van der Waals surface area contributed by atoms with Gasteiger partial charge in [0.05, 0.1) is 16.3 Å². The molecule has 0 amide bonds. The number of nitrogens with two attached hydrogens (primary N) is 1. The van der Waals surface area contributed by atoms with Crippen molar-refractivity contribution in [3.63, 3.8) is 0 Å². The van der Waals surface area contributed by atoms with Crippen molar-refractivity contribution in [1.29, 1.82) is 0 Å². The van der Waals surface area contributed by atoms with E-state index in [1.165, 1.54) is 17.4 Å². The first-order chi connectivity index (χ1) is 9.68. The molecule has 114 valence electrons. The first-order valence-electron chi connectivity index (χ1n) is 6.23. The van der Waals surface area contributed by atoms with Crippen LogP contribution in [0.2, 0.25) is 0 Å². The fourth-order valence-electron chi connectivity index (χ4n) is 1.92. The van der Waals surface area contributed by atoms with Crippen LogP contribution < -0.4 is 5.73 Å². The molecular formula is C14H14F4N2S. The Bertz CT molecular complexity index is 629. The molecule has 1 aromatic heterocycles. The molecule has 1 unspecified atom stereocenters. The number of nitrogens with zero attached hydrogens (tertiary/aromatic N) is 1. The predicted molar refractivity (Wildman–Crippen MR) is 73.6 cm³/mol. The van der Waals surface area contributed by atoms with Gasteiger partial charge in [0, 0.05) is 17.3 Å². The number of alkyl halides is 3. The van der Waals surface area contributed by atoms with Crippen molar-refractivity contribution in [2.24, 2.45) is 5.73 Å². The SMILES string of the molecule is Cc1nc(CC(N)c2ccc(F)c(C(F)(F)F)c2)sc1C. The molecule has 0 aliphatic heterocycles. The zero-order chi connectivity index (χ0) is 15.8. The molecule has 1 heterocycles. The van der Waals surface area contributed by atoms with Crippen molar-refractivity contribution in [2.45, 2.75) is 32.5 Å². The van der Waals surface area contributed by atoms with Gasteiger partial charge in [-0.15, -0.1) is 11.3 Å². The molecule has 0 fully saturated rings. The fraction of sp³-hybridized carbons (Fsp3) is 0.357. The lowest BCUT2D eigenvalue weighted by Gasteiger charge is -2.14. The van der Waals surface area contributed by atoms with Crippen LogP contribution in [0.1, 0.15) is 32.7 Å². The summed E-state index contributed by atoms with van der Waals surface area (Å²) in [5.41, 5.74) is 5.77. The maximum absolute atomic E-state index is 13.2. The minimum absolute atomic E-state index is 0.245. The Labute approximate surface area is 123 Å². The van der Waals surface area contributed by atoms with Gasteiger partial charge in [0.2, 0.25) is 0 Å². The van der Waals surface area contributed by atoms with Crippen LogP contribution >= 0.6 is 11.3 Å². The van der Waals surface area contributed by atoms with Crippen LogP contribution in [0.15, 0.2) is 18.2 Å². The molecule has 0 aliphatic rings. The molecule has 2 N–H and O–H groups in total. The summed E-state index contributed by atoms with van der Waals surface area (Å²) in [6, 6.07) is 2.20. The molecule has 2 nitrogen and oxygen atoms in total. The van der Waals surface area contributed by atoms with Gasteiger partial charge in [-0.3, -0.25) is 0 Å². The van der Waals surface area contributed by atoms with Gasteiger partial charge in [0.15, 0.2) is 0 Å². The Morgan fingerprint density at radius 3 is 2.48 bits per heavy atom. The van der Waals surface area contributed by atoms with E-state index in [4.69, 9.17) is 5.73 Å². The van der Waals surface area contributed by atoms with Gasteiger partial charge in [-0.25, -0.2) is 9.37 Å². The summed E-state index contributed by atoms with van der Waals surface area (Å²) in [5, 5.41) is 0.760. The van der Waals surface area contributed by atoms with Gasteiger partial charge in [0.1, 0.15) is 5.82 Å². The number of thiazole rings is 1. The molecule has 0 saturated carbocycles. The molecule has 1 aromatic carbocycles. The van der Waals surface area contributed by atoms with Crippen molar-refractivity contribution < 1.29 is 17.6 Å². The van der Waals surface area contributed by atoms with Crippen LogP contribution in [0, 0.1) is 19.7 Å². The number of aryl methyl sites for hydroxylation is 2. The Morgan fingerprint density at radius 2 is 1.95 bits per heavy atom. The van der Waals surface area contributed by atoms with Crippen molar-refractivity contribution in [3.05, 3.63) is 50.7 Å². The monoisotopic (exact) mass is 318 g/mol. The molecular weight excluding hydrogens is 304 g/mol. The highest BCUT2D eigenvalue weighted by atomic mass is 32.1. The molecule has 0 spiro atoms. The van der Waals surface area contributed by atoms with Gasteiger partial charge in [-0.1, -0.05) is 6.07 Å². The summed E-state index contributed by atoms with van der Waals surface area (Å²) in [5.74, 6) is -1.29. The standard InChI is InChI=1S/C14H14F4N2S/c1-7-8(2)21-13(20-7)6-12(19)9-3-4-11(15)10(5-9)14(16,17)18/h3-5,12H,6,19H2,1-2H3. The fourth-order valence-corrected chi connectivity index (χ4v) is 2.92. The normalized spacial score (nSPS) is 13.5. The van der Waals surface area contributed by atoms with E-state index in [0.717, 1.165) is 27.7 Å². The average molecular weight is 318 g/mol. The van der Waals surface area contributed by atoms with E-state index in [0.29, 0.717) is 6.42 Å². The van der Waals surface area contributed by atoms with E-state index >= 15 is 0 Å². The molecule has 7 heteroatoms. The number of rotatable bonds is 3. The summed E-state index contributed by atoms with van der Waals surface area (Å²) in [6.07, 6.45) is -4.41. The zero-order valence-electron chi connectivity index (χ0n) is 11.5. The number of hydrogen-bond donors (Lipinski definition) is 1. The Balaban J connectivity index is 2.25. The molecule has 2 rings (SSSR count). The highest BCUT2D eigenvalue weighted by Gasteiger charge is 2.34. The third-order valence-corrected chi connectivity index (χ3v) is 4.29. The van der Waals surface area contributed by atoms with Crippen LogP contribution in [0.4, 0.5) is 17.6 Å². The first-order valence-corrected chi connectivity index (χ1v) is 7.05. The summed E-state index contributed by atoms with van der Waals surface area (Å²) < 4.78 is 51.3. The Morgan fingerprint density at radius 1 is 1.29 bits per heavy atom. The summed E-state index contributed by atoms with van der Waals surface area (Å²) in [4.78, 5) is 5.36. The quantitative estimate of drug-likeness (QED) is 0.863. The van der Waals surface area contributed by atoms with Gasteiger partial charge in [-0.2, -0.15) is 13.2 Å². The van der Waals surface area contributed by atoms with Crippen LogP contribution in [0.5, 0.6) is 0 Å². The summed E-state index contributed by atoms with van der Waals surface area (Å²) in [6.45, 7) is 3.78. The van der Waals surface area contributed by atoms with Crippen LogP contribution in [-0.2, 0) is 12.6 Å². The lowest BCUT2D eigenvalue weighted by molar-refractivity contribution is -0.140. The van der Waals surface area contributed by atoms with Crippen molar-refractivity contribution in [1.82, 2.24) is 4.98 Å². The number of hydrogen-bond acceptors (Lipinski definition) is 3. The van der Waals surface area contributed by atoms with E-state index in [9.17, 15) is 17.6 Å². The first kappa shape index (κ1) is 15.9. The van der Waals surface area contributed by atoms with Crippen molar-refractivity contribution in [2.75, 3.05) is 0 Å². The maximum atomic E-state index is 13.2. The van der Waals surface area contributed by atoms with Gasteiger partial charge in [0.25, 0.3) is 0 Å². The highest BCUT2D eigenvalue weighted by Crippen LogP contribution is 2.33. The predicted octanol–water partition coefficient (Wildman–Crippen LogP) is 4.16. The topological polar surface area (TPSA) is 38.9 Å². The average Bonchev–Trinajstić information content (AvgIpc) is 2.67. The third kappa shape index (κ3) is 3.59. The zero-order valence-corrected chi connectivity index (χ0v) is 12.3. The second-order valence-corrected chi connectivity index (χ2v) is 6.08. The molecule has 0 saturated heterocycles. The van der Waals surface area contributed by atoms with E-state index in [2.05, 4.69) is 4.98 Å². The smallest absolute Gasteiger partial charge is 0.324 e. The van der Waals surface area contributed by atoms with E-state index in [1.54, 1.807) is 0 Å². The number of aromatic nitrogens is 1. The molecule has 2 aromatic rings. The lowest BCUT2D eigenvalue weighted by atomic mass is 10.0. The van der Waals surface area contributed by atoms with Crippen molar-refractivity contribution >= 4 is 11.3 Å². The second kappa shape index (κ2) is 5.73. The summed E-state index contributed by atoms with van der Waals surface area (Å²) >= 11 is 1.46. The lowest BCUT2D eigenvalue weighted by Crippen LogP contribution is -2.16. The highest BCUT2D eigenvalue weighted by molar-refractivity contribution is 7.11. The van der Waals surface area contributed by atoms with Crippen molar-refractivity contribution in [3.8, 4) is 0 Å². The summed E-state index contributed by atoms with van der Waals surface area (Å²) in [7, 11) is 0. The molecule has 0 radical (unpaired) electrons. The molecule has 0 bridgehead atoms. The maximum Gasteiger partial charge on any atom is 0.419 e. The molecule has 21 heavy (non-hydrogen) atoms. The third-order valence-electron chi connectivity index (χ3n) is 3.19. The van der Waals surface area contributed by atoms with Crippen LogP contribution in [0.3, 0.4) is 0 Å². The van der Waals surface area contributed by atoms with Crippen LogP contribution in [0.25, 0.3) is 0 Å². The Kier molecular flexibility index (Phi) is 4.34. The largest absolute Gasteiger partial charge is 0.419 e. The van der Waals surface area contributed by atoms with Crippen LogP contribution in [-0.4, -0.2) is 4.98 Å².